The van der Waals surface area contributed by atoms with Gasteiger partial charge in [-0.2, -0.15) is 0 Å². The number of nitrogens with one attached hydrogen (secondary N) is 1. The average Bonchev–Trinajstić information content (AvgIpc) is 2.92. The van der Waals surface area contributed by atoms with E-state index in [2.05, 4.69) is 52.6 Å². The zero-order valence-corrected chi connectivity index (χ0v) is 11.4. The van der Waals surface area contributed by atoms with Crippen LogP contribution in [0.1, 0.15) is 17.7 Å². The Morgan fingerprint density at radius 2 is 2.11 bits per heavy atom. The molecule has 0 fully saturated rings. The minimum Gasteiger partial charge on any atom is -0.447 e. The van der Waals surface area contributed by atoms with Gasteiger partial charge < -0.3 is 14.6 Å². The van der Waals surface area contributed by atoms with E-state index in [0.29, 0.717) is 0 Å². The molecule has 1 N–H and O–H groups in total. The fourth-order valence-electron chi connectivity index (χ4n) is 1.99. The summed E-state index contributed by atoms with van der Waals surface area (Å²) in [5, 5.41) is 3.35. The van der Waals surface area contributed by atoms with Crippen LogP contribution in [0.25, 0.3) is 0 Å². The normalized spacial score (nSPS) is 11.1. The van der Waals surface area contributed by atoms with E-state index in [1.807, 2.05) is 0 Å². The SMILES string of the molecule is CN(CCCNCc1cnco1)Cc1ccccc1. The van der Waals surface area contributed by atoms with Crippen LogP contribution in [0.5, 0.6) is 0 Å². The van der Waals surface area contributed by atoms with Gasteiger partial charge in [-0.15, -0.1) is 0 Å². The fraction of sp³-hybridized carbons (Fsp3) is 0.400. The van der Waals surface area contributed by atoms with Gasteiger partial charge in [0, 0.05) is 6.54 Å². The molecule has 0 unspecified atom stereocenters. The van der Waals surface area contributed by atoms with E-state index in [1.54, 1.807) is 6.20 Å². The van der Waals surface area contributed by atoms with Gasteiger partial charge >= 0.3 is 0 Å². The maximum Gasteiger partial charge on any atom is 0.180 e. The lowest BCUT2D eigenvalue weighted by Gasteiger charge is -2.16. The number of benzene rings is 1. The van der Waals surface area contributed by atoms with E-state index in [4.69, 9.17) is 4.42 Å². The van der Waals surface area contributed by atoms with Crippen molar-refractivity contribution in [2.45, 2.75) is 19.5 Å². The third-order valence-corrected chi connectivity index (χ3v) is 2.97. The number of hydrogen-bond acceptors (Lipinski definition) is 4. The van der Waals surface area contributed by atoms with Gasteiger partial charge in [0.25, 0.3) is 0 Å². The first-order valence-electron chi connectivity index (χ1n) is 6.65. The van der Waals surface area contributed by atoms with Crippen molar-refractivity contribution >= 4 is 0 Å². The minimum absolute atomic E-state index is 0.752. The quantitative estimate of drug-likeness (QED) is 0.739. The smallest absolute Gasteiger partial charge is 0.180 e. The molecule has 4 nitrogen and oxygen atoms in total. The largest absolute Gasteiger partial charge is 0.447 e. The van der Waals surface area contributed by atoms with Gasteiger partial charge in [-0.3, -0.25) is 0 Å². The van der Waals surface area contributed by atoms with Gasteiger partial charge in [-0.1, -0.05) is 30.3 Å². The highest BCUT2D eigenvalue weighted by molar-refractivity contribution is 5.14. The summed E-state index contributed by atoms with van der Waals surface area (Å²) in [4.78, 5) is 6.22. The Kier molecular flexibility index (Phi) is 5.59. The van der Waals surface area contributed by atoms with Gasteiger partial charge in [0.2, 0.25) is 0 Å². The fourth-order valence-corrected chi connectivity index (χ4v) is 1.99. The summed E-state index contributed by atoms with van der Waals surface area (Å²) in [6.45, 7) is 3.82. The monoisotopic (exact) mass is 259 g/mol. The van der Waals surface area contributed by atoms with Gasteiger partial charge in [0.1, 0.15) is 5.76 Å². The van der Waals surface area contributed by atoms with Crippen LogP contribution in [0.4, 0.5) is 0 Å². The molecule has 0 amide bonds. The van der Waals surface area contributed by atoms with Gasteiger partial charge in [0.05, 0.1) is 12.7 Å². The van der Waals surface area contributed by atoms with Crippen LogP contribution in [0.15, 0.2) is 47.3 Å². The van der Waals surface area contributed by atoms with Crippen molar-refractivity contribution in [1.82, 2.24) is 15.2 Å². The summed E-state index contributed by atoms with van der Waals surface area (Å²) < 4.78 is 5.16. The third kappa shape index (κ3) is 5.24. The number of aromatic nitrogens is 1. The Labute approximate surface area is 114 Å². The Hall–Kier alpha value is -1.65. The van der Waals surface area contributed by atoms with E-state index < -0.39 is 0 Å². The third-order valence-electron chi connectivity index (χ3n) is 2.97. The lowest BCUT2D eigenvalue weighted by molar-refractivity contribution is 0.318. The van der Waals surface area contributed by atoms with Crippen molar-refractivity contribution in [2.24, 2.45) is 0 Å². The molecule has 0 radical (unpaired) electrons. The Bertz CT molecular complexity index is 442. The molecule has 1 aromatic carbocycles. The summed E-state index contributed by atoms with van der Waals surface area (Å²) in [5.41, 5.74) is 1.36. The maximum absolute atomic E-state index is 5.16. The molecule has 19 heavy (non-hydrogen) atoms. The second-order valence-electron chi connectivity index (χ2n) is 4.72. The van der Waals surface area contributed by atoms with E-state index in [-0.39, 0.29) is 0 Å². The molecule has 4 heteroatoms. The van der Waals surface area contributed by atoms with E-state index in [9.17, 15) is 0 Å². The number of rotatable bonds is 8. The first-order chi connectivity index (χ1) is 9.34. The zero-order chi connectivity index (χ0) is 13.3. The summed E-state index contributed by atoms with van der Waals surface area (Å²) in [6, 6.07) is 10.6. The number of nitrogens with zero attached hydrogens (tertiary/aromatic N) is 2. The van der Waals surface area contributed by atoms with Crippen molar-refractivity contribution in [3.05, 3.63) is 54.2 Å². The van der Waals surface area contributed by atoms with Crippen LogP contribution in [0.3, 0.4) is 0 Å². The molecule has 102 valence electrons. The lowest BCUT2D eigenvalue weighted by Crippen LogP contribution is -2.23. The van der Waals surface area contributed by atoms with Crippen molar-refractivity contribution in [1.29, 1.82) is 0 Å². The van der Waals surface area contributed by atoms with Crippen LogP contribution < -0.4 is 5.32 Å². The van der Waals surface area contributed by atoms with E-state index in [0.717, 1.165) is 38.4 Å². The molecular weight excluding hydrogens is 238 g/mol. The van der Waals surface area contributed by atoms with E-state index >= 15 is 0 Å². The van der Waals surface area contributed by atoms with Crippen LogP contribution in [0, 0.1) is 0 Å². The van der Waals surface area contributed by atoms with Crippen molar-refractivity contribution < 1.29 is 4.42 Å². The number of oxazole rings is 1. The second kappa shape index (κ2) is 7.71. The Morgan fingerprint density at radius 1 is 1.26 bits per heavy atom. The number of hydrogen-bond donors (Lipinski definition) is 1. The molecule has 0 aliphatic rings. The second-order valence-corrected chi connectivity index (χ2v) is 4.72. The van der Waals surface area contributed by atoms with Crippen LogP contribution in [-0.2, 0) is 13.1 Å². The highest BCUT2D eigenvalue weighted by Crippen LogP contribution is 2.02. The molecule has 1 heterocycles. The van der Waals surface area contributed by atoms with Crippen LogP contribution in [-0.4, -0.2) is 30.0 Å². The molecule has 0 atom stereocenters. The maximum atomic E-state index is 5.16. The van der Waals surface area contributed by atoms with E-state index in [1.165, 1.54) is 12.0 Å². The highest BCUT2D eigenvalue weighted by Gasteiger charge is 2.00. The minimum atomic E-state index is 0.752. The lowest BCUT2D eigenvalue weighted by atomic mass is 10.2. The first-order valence-corrected chi connectivity index (χ1v) is 6.65. The summed E-state index contributed by atoms with van der Waals surface area (Å²) >= 11 is 0. The standard InChI is InChI=1S/C15H21N3O/c1-18(12-14-6-3-2-4-7-14)9-5-8-16-10-15-11-17-13-19-15/h2-4,6-7,11,13,16H,5,8-10,12H2,1H3. The molecule has 1 aromatic heterocycles. The Balaban J connectivity index is 1.55. The Morgan fingerprint density at radius 3 is 2.84 bits per heavy atom. The van der Waals surface area contributed by atoms with Gasteiger partial charge in [-0.05, 0) is 32.1 Å². The molecule has 0 saturated heterocycles. The predicted molar refractivity (Wildman–Crippen MR) is 75.6 cm³/mol. The van der Waals surface area contributed by atoms with Crippen molar-refractivity contribution in [3.63, 3.8) is 0 Å². The van der Waals surface area contributed by atoms with Crippen LogP contribution >= 0.6 is 0 Å². The summed E-state index contributed by atoms with van der Waals surface area (Å²) in [6.07, 6.45) is 4.33. The molecule has 0 spiro atoms. The summed E-state index contributed by atoms with van der Waals surface area (Å²) in [5.74, 6) is 0.887. The molecular formula is C15H21N3O. The van der Waals surface area contributed by atoms with Gasteiger partial charge in [0.15, 0.2) is 6.39 Å². The highest BCUT2D eigenvalue weighted by atomic mass is 16.3. The topological polar surface area (TPSA) is 41.3 Å². The molecule has 0 bridgehead atoms. The van der Waals surface area contributed by atoms with Crippen LogP contribution in [0.2, 0.25) is 0 Å². The zero-order valence-electron chi connectivity index (χ0n) is 11.4. The molecule has 0 saturated carbocycles. The molecule has 2 rings (SSSR count). The van der Waals surface area contributed by atoms with Gasteiger partial charge in [-0.25, -0.2) is 4.98 Å². The first kappa shape index (κ1) is 13.8. The molecule has 2 aromatic rings. The van der Waals surface area contributed by atoms with Crippen molar-refractivity contribution in [3.8, 4) is 0 Å². The average molecular weight is 259 g/mol. The van der Waals surface area contributed by atoms with Crippen molar-refractivity contribution in [2.75, 3.05) is 20.1 Å². The molecule has 0 aliphatic heterocycles. The predicted octanol–water partition coefficient (Wildman–Crippen LogP) is 2.29. The summed E-state index contributed by atoms with van der Waals surface area (Å²) in [7, 11) is 2.16. The molecule has 0 aliphatic carbocycles.